The standard InChI is InChI=1S/C23H25N3O3S/c1-23(2,13-27)21-18-19(24-25-21)22(28)26(14-9-11-15(30-4)12-10-14)20(18)16-7-5-6-8-17(16)29-3/h5-12,20,27H,13H2,1-4H3,(H,24,25). The highest BCUT2D eigenvalue weighted by Gasteiger charge is 2.46. The first-order valence-corrected chi connectivity index (χ1v) is 11.0. The van der Waals surface area contributed by atoms with E-state index in [2.05, 4.69) is 10.2 Å². The van der Waals surface area contributed by atoms with Gasteiger partial charge in [0.15, 0.2) is 5.69 Å². The van der Waals surface area contributed by atoms with Crippen LogP contribution in [0.5, 0.6) is 5.75 Å². The van der Waals surface area contributed by atoms with Crippen molar-refractivity contribution in [2.45, 2.75) is 30.2 Å². The number of hydrogen-bond acceptors (Lipinski definition) is 5. The second kappa shape index (κ2) is 7.81. The minimum Gasteiger partial charge on any atom is -0.496 e. The van der Waals surface area contributed by atoms with Crippen molar-refractivity contribution in [3.63, 3.8) is 0 Å². The van der Waals surface area contributed by atoms with E-state index in [1.165, 1.54) is 0 Å². The molecule has 2 N–H and O–H groups in total. The summed E-state index contributed by atoms with van der Waals surface area (Å²) in [6.45, 7) is 3.79. The molecule has 2 aromatic carbocycles. The Morgan fingerprint density at radius 3 is 2.53 bits per heavy atom. The number of aliphatic hydroxyl groups is 1. The third-order valence-corrected chi connectivity index (χ3v) is 6.36. The molecule has 1 aliphatic rings. The summed E-state index contributed by atoms with van der Waals surface area (Å²) in [5.41, 5.74) is 3.01. The number of ether oxygens (including phenoxy) is 1. The third kappa shape index (κ3) is 3.18. The Labute approximate surface area is 180 Å². The second-order valence-electron chi connectivity index (χ2n) is 7.92. The lowest BCUT2D eigenvalue weighted by Crippen LogP contribution is -2.31. The van der Waals surface area contributed by atoms with Crippen LogP contribution >= 0.6 is 11.8 Å². The molecule has 0 aliphatic carbocycles. The fourth-order valence-electron chi connectivity index (χ4n) is 3.93. The average molecular weight is 424 g/mol. The molecule has 1 unspecified atom stereocenters. The SMILES string of the molecule is COc1ccccc1C1c2c(n[nH]c2C(C)(C)CO)C(=O)N1c1ccc(SC)cc1. The number of benzene rings is 2. The number of thioether (sulfide) groups is 1. The van der Waals surface area contributed by atoms with Gasteiger partial charge in [0.1, 0.15) is 5.75 Å². The zero-order valence-corrected chi connectivity index (χ0v) is 18.3. The highest BCUT2D eigenvalue weighted by molar-refractivity contribution is 7.98. The number of anilines is 1. The summed E-state index contributed by atoms with van der Waals surface area (Å²) >= 11 is 1.65. The molecule has 156 valence electrons. The van der Waals surface area contributed by atoms with Crippen molar-refractivity contribution in [1.82, 2.24) is 10.2 Å². The molecule has 7 heteroatoms. The van der Waals surface area contributed by atoms with E-state index in [4.69, 9.17) is 4.74 Å². The smallest absolute Gasteiger partial charge is 0.280 e. The van der Waals surface area contributed by atoms with Gasteiger partial charge in [0.05, 0.1) is 19.8 Å². The van der Waals surface area contributed by atoms with E-state index in [9.17, 15) is 9.90 Å². The van der Waals surface area contributed by atoms with Crippen LogP contribution in [-0.4, -0.2) is 41.2 Å². The van der Waals surface area contributed by atoms with Crippen LogP contribution in [0.3, 0.4) is 0 Å². The Bertz CT molecular complexity index is 1080. The van der Waals surface area contributed by atoms with Crippen molar-refractivity contribution in [3.8, 4) is 5.75 Å². The molecule has 0 spiro atoms. The van der Waals surface area contributed by atoms with Crippen molar-refractivity contribution in [1.29, 1.82) is 0 Å². The van der Waals surface area contributed by atoms with Gasteiger partial charge < -0.3 is 9.84 Å². The van der Waals surface area contributed by atoms with E-state index in [0.29, 0.717) is 11.4 Å². The number of carbonyl (C=O) groups is 1. The number of nitrogens with one attached hydrogen (secondary N) is 1. The minimum absolute atomic E-state index is 0.0725. The van der Waals surface area contributed by atoms with Gasteiger partial charge in [-0.15, -0.1) is 11.8 Å². The number of carbonyl (C=O) groups excluding carboxylic acids is 1. The fraction of sp³-hybridized carbons (Fsp3) is 0.304. The number of H-pyrrole nitrogens is 1. The first-order chi connectivity index (χ1) is 14.4. The summed E-state index contributed by atoms with van der Waals surface area (Å²) in [5.74, 6) is 0.525. The molecule has 4 rings (SSSR count). The van der Waals surface area contributed by atoms with Crippen molar-refractivity contribution < 1.29 is 14.6 Å². The summed E-state index contributed by atoms with van der Waals surface area (Å²) in [5, 5.41) is 17.4. The molecule has 0 saturated carbocycles. The van der Waals surface area contributed by atoms with E-state index in [1.807, 2.05) is 68.6 Å². The zero-order valence-electron chi connectivity index (χ0n) is 17.5. The van der Waals surface area contributed by atoms with Crippen LogP contribution in [0.25, 0.3) is 0 Å². The van der Waals surface area contributed by atoms with Crippen LogP contribution < -0.4 is 9.64 Å². The molecule has 2 heterocycles. The van der Waals surface area contributed by atoms with Gasteiger partial charge in [-0.2, -0.15) is 5.10 Å². The normalized spacial score (nSPS) is 16.1. The van der Waals surface area contributed by atoms with E-state index in [1.54, 1.807) is 23.8 Å². The minimum atomic E-state index is -0.583. The van der Waals surface area contributed by atoms with Gasteiger partial charge in [0, 0.05) is 32.8 Å². The molecule has 30 heavy (non-hydrogen) atoms. The monoisotopic (exact) mass is 423 g/mol. The number of fused-ring (bicyclic) bond motifs is 1. The second-order valence-corrected chi connectivity index (χ2v) is 8.80. The zero-order chi connectivity index (χ0) is 21.5. The molecule has 1 amide bonds. The number of aliphatic hydroxyl groups excluding tert-OH is 1. The predicted octanol–water partition coefficient (Wildman–Crippen LogP) is 4.16. The van der Waals surface area contributed by atoms with Gasteiger partial charge in [-0.05, 0) is 36.6 Å². The summed E-state index contributed by atoms with van der Waals surface area (Å²) in [4.78, 5) is 16.4. The Kier molecular flexibility index (Phi) is 5.34. The lowest BCUT2D eigenvalue weighted by molar-refractivity contribution is 0.0988. The van der Waals surface area contributed by atoms with E-state index in [-0.39, 0.29) is 12.5 Å². The van der Waals surface area contributed by atoms with Crippen molar-refractivity contribution in [2.24, 2.45) is 0 Å². The first-order valence-electron chi connectivity index (χ1n) is 9.73. The maximum Gasteiger partial charge on any atom is 0.280 e. The highest BCUT2D eigenvalue weighted by atomic mass is 32.2. The molecule has 0 fully saturated rings. The summed E-state index contributed by atoms with van der Waals surface area (Å²) in [6, 6.07) is 15.2. The molecule has 1 atom stereocenters. The van der Waals surface area contributed by atoms with Gasteiger partial charge >= 0.3 is 0 Å². The molecule has 6 nitrogen and oxygen atoms in total. The molecule has 1 aromatic heterocycles. The quantitative estimate of drug-likeness (QED) is 0.582. The van der Waals surface area contributed by atoms with Gasteiger partial charge in [0.2, 0.25) is 0 Å². The topological polar surface area (TPSA) is 78.5 Å². The maximum absolute atomic E-state index is 13.5. The molecule has 0 saturated heterocycles. The lowest BCUT2D eigenvalue weighted by atomic mass is 9.84. The number of aromatic amines is 1. The van der Waals surface area contributed by atoms with Crippen molar-refractivity contribution in [2.75, 3.05) is 24.9 Å². The van der Waals surface area contributed by atoms with E-state index in [0.717, 1.165) is 27.4 Å². The van der Waals surface area contributed by atoms with Gasteiger partial charge in [0.25, 0.3) is 5.91 Å². The average Bonchev–Trinajstić information content (AvgIpc) is 3.33. The fourth-order valence-corrected chi connectivity index (χ4v) is 4.34. The van der Waals surface area contributed by atoms with Gasteiger partial charge in [-0.3, -0.25) is 14.8 Å². The van der Waals surface area contributed by atoms with E-state index >= 15 is 0 Å². The summed E-state index contributed by atoms with van der Waals surface area (Å²) in [6.07, 6.45) is 2.02. The number of nitrogens with zero attached hydrogens (tertiary/aromatic N) is 2. The molecule has 1 aliphatic heterocycles. The number of methoxy groups -OCH3 is 1. The molecule has 0 bridgehead atoms. The number of para-hydroxylation sites is 1. The van der Waals surface area contributed by atoms with Crippen LogP contribution in [0.15, 0.2) is 53.4 Å². The lowest BCUT2D eigenvalue weighted by Gasteiger charge is -2.30. The summed E-state index contributed by atoms with van der Waals surface area (Å²) < 4.78 is 5.64. The van der Waals surface area contributed by atoms with Crippen LogP contribution in [0.2, 0.25) is 0 Å². The van der Waals surface area contributed by atoms with Gasteiger partial charge in [-0.25, -0.2) is 0 Å². The van der Waals surface area contributed by atoms with Crippen molar-refractivity contribution in [3.05, 3.63) is 71.0 Å². The van der Waals surface area contributed by atoms with Gasteiger partial charge in [-0.1, -0.05) is 32.0 Å². The largest absolute Gasteiger partial charge is 0.496 e. The highest BCUT2D eigenvalue weighted by Crippen LogP contribution is 2.47. The molecular formula is C23H25N3O3S. The number of amides is 1. The van der Waals surface area contributed by atoms with Crippen LogP contribution in [-0.2, 0) is 5.41 Å². The number of aromatic nitrogens is 2. The Hall–Kier alpha value is -2.77. The molecule has 3 aromatic rings. The third-order valence-electron chi connectivity index (χ3n) is 5.61. The van der Waals surface area contributed by atoms with E-state index < -0.39 is 11.5 Å². The summed E-state index contributed by atoms with van der Waals surface area (Å²) in [7, 11) is 1.63. The van der Waals surface area contributed by atoms with Crippen molar-refractivity contribution >= 4 is 23.4 Å². The Morgan fingerprint density at radius 2 is 1.90 bits per heavy atom. The van der Waals surface area contributed by atoms with Crippen LogP contribution in [0.1, 0.15) is 47.2 Å². The molecular weight excluding hydrogens is 398 g/mol. The predicted molar refractivity (Wildman–Crippen MR) is 119 cm³/mol. The first kappa shape index (κ1) is 20.5. The number of hydrogen-bond donors (Lipinski definition) is 2. The Morgan fingerprint density at radius 1 is 1.20 bits per heavy atom. The maximum atomic E-state index is 13.5. The Balaban J connectivity index is 1.95. The number of rotatable bonds is 6. The van der Waals surface area contributed by atoms with Crippen LogP contribution in [0.4, 0.5) is 5.69 Å². The van der Waals surface area contributed by atoms with Crippen LogP contribution in [0, 0.1) is 0 Å². The molecule has 0 radical (unpaired) electrons.